The second-order valence-electron chi connectivity index (χ2n) is 5.96. The number of para-hydroxylation sites is 2. The topological polar surface area (TPSA) is 75.7 Å². The predicted octanol–water partition coefficient (Wildman–Crippen LogP) is 2.09. The molecular weight excluding hydrogens is 332 g/mol. The van der Waals surface area contributed by atoms with Crippen LogP contribution in [0.15, 0.2) is 42.6 Å². The third kappa shape index (κ3) is 4.93. The number of anilines is 2. The highest BCUT2D eigenvalue weighted by molar-refractivity contribution is 6.05. The summed E-state index contributed by atoms with van der Waals surface area (Å²) in [6.07, 6.45) is 1.63. The van der Waals surface area contributed by atoms with Crippen LogP contribution in [0.1, 0.15) is 10.4 Å². The first-order valence-electron chi connectivity index (χ1n) is 8.70. The van der Waals surface area contributed by atoms with Gasteiger partial charge >= 0.3 is 0 Å². The molecule has 0 aliphatic carbocycles. The number of methoxy groups -OCH3 is 1. The summed E-state index contributed by atoms with van der Waals surface area (Å²) in [4.78, 5) is 19.1. The zero-order valence-electron chi connectivity index (χ0n) is 14.9. The number of amides is 1. The first-order chi connectivity index (χ1) is 12.8. The van der Waals surface area contributed by atoms with Gasteiger partial charge in [0, 0.05) is 37.9 Å². The van der Waals surface area contributed by atoms with Crippen LogP contribution in [0, 0.1) is 0 Å². The second kappa shape index (κ2) is 9.17. The molecule has 0 saturated carbocycles. The van der Waals surface area contributed by atoms with Gasteiger partial charge in [0.1, 0.15) is 11.6 Å². The Balaban J connectivity index is 1.56. The number of ether oxygens (including phenoxy) is 2. The predicted molar refractivity (Wildman–Crippen MR) is 101 cm³/mol. The zero-order valence-corrected chi connectivity index (χ0v) is 14.9. The van der Waals surface area contributed by atoms with Crippen LogP contribution in [0.3, 0.4) is 0 Å². The van der Waals surface area contributed by atoms with Crippen LogP contribution in [-0.4, -0.2) is 62.3 Å². The molecule has 26 heavy (non-hydrogen) atoms. The van der Waals surface area contributed by atoms with E-state index >= 15 is 0 Å². The van der Waals surface area contributed by atoms with Gasteiger partial charge in [-0.25, -0.2) is 4.98 Å². The average molecular weight is 356 g/mol. The second-order valence-corrected chi connectivity index (χ2v) is 5.96. The first-order valence-corrected chi connectivity index (χ1v) is 8.70. The maximum absolute atomic E-state index is 12.5. The Labute approximate surface area is 153 Å². The number of benzene rings is 1. The number of nitrogens with zero attached hydrogens (tertiary/aromatic N) is 2. The van der Waals surface area contributed by atoms with E-state index in [9.17, 15) is 4.79 Å². The van der Waals surface area contributed by atoms with Gasteiger partial charge in [-0.1, -0.05) is 12.1 Å². The van der Waals surface area contributed by atoms with E-state index in [4.69, 9.17) is 9.47 Å². The molecule has 0 spiro atoms. The Morgan fingerprint density at radius 3 is 2.88 bits per heavy atom. The van der Waals surface area contributed by atoms with Gasteiger partial charge in [-0.2, -0.15) is 0 Å². The number of hydrogen-bond donors (Lipinski definition) is 2. The number of aromatic nitrogens is 1. The molecule has 2 N–H and O–H groups in total. The van der Waals surface area contributed by atoms with Gasteiger partial charge < -0.3 is 20.1 Å². The minimum absolute atomic E-state index is 0.201. The van der Waals surface area contributed by atoms with Crippen molar-refractivity contribution in [2.45, 2.75) is 0 Å². The van der Waals surface area contributed by atoms with Crippen LogP contribution in [0.2, 0.25) is 0 Å². The normalized spacial score (nSPS) is 14.7. The van der Waals surface area contributed by atoms with Crippen LogP contribution in [0.5, 0.6) is 5.75 Å². The Hall–Kier alpha value is -2.64. The van der Waals surface area contributed by atoms with E-state index in [-0.39, 0.29) is 5.91 Å². The van der Waals surface area contributed by atoms with Gasteiger partial charge in [0.05, 0.1) is 26.0 Å². The maximum atomic E-state index is 12.5. The number of carbonyl (C=O) groups excluding carboxylic acids is 1. The van der Waals surface area contributed by atoms with Crippen molar-refractivity contribution >= 4 is 17.4 Å². The van der Waals surface area contributed by atoms with E-state index in [0.29, 0.717) is 22.8 Å². The highest BCUT2D eigenvalue weighted by Crippen LogP contribution is 2.23. The van der Waals surface area contributed by atoms with Crippen LogP contribution < -0.4 is 15.4 Å². The smallest absolute Gasteiger partial charge is 0.255 e. The molecule has 2 aromatic rings. The molecule has 138 valence electrons. The van der Waals surface area contributed by atoms with Crippen LogP contribution in [0.4, 0.5) is 11.5 Å². The lowest BCUT2D eigenvalue weighted by Gasteiger charge is -2.26. The third-order valence-corrected chi connectivity index (χ3v) is 4.22. The number of carbonyl (C=O) groups is 1. The van der Waals surface area contributed by atoms with Crippen LogP contribution in [0.25, 0.3) is 0 Å². The van der Waals surface area contributed by atoms with E-state index < -0.39 is 0 Å². The van der Waals surface area contributed by atoms with Crippen molar-refractivity contribution in [3.63, 3.8) is 0 Å². The molecule has 0 atom stereocenters. The monoisotopic (exact) mass is 356 g/mol. The molecule has 1 aliphatic heterocycles. The third-order valence-electron chi connectivity index (χ3n) is 4.22. The molecule has 1 saturated heterocycles. The van der Waals surface area contributed by atoms with Crippen LogP contribution in [-0.2, 0) is 4.74 Å². The lowest BCUT2D eigenvalue weighted by molar-refractivity contribution is 0.0398. The molecule has 1 fully saturated rings. The summed E-state index contributed by atoms with van der Waals surface area (Å²) in [5.74, 6) is 1.11. The molecule has 7 heteroatoms. The molecule has 1 aromatic heterocycles. The fraction of sp³-hybridized carbons (Fsp3) is 0.368. The maximum Gasteiger partial charge on any atom is 0.255 e. The molecule has 0 radical (unpaired) electrons. The zero-order chi connectivity index (χ0) is 18.2. The average Bonchev–Trinajstić information content (AvgIpc) is 2.69. The van der Waals surface area contributed by atoms with Crippen LogP contribution >= 0.6 is 0 Å². The Morgan fingerprint density at radius 1 is 1.27 bits per heavy atom. The summed E-state index contributed by atoms with van der Waals surface area (Å²) < 4.78 is 10.6. The minimum atomic E-state index is -0.201. The molecule has 0 bridgehead atoms. The standard InChI is InChI=1S/C19H24N4O3/c1-25-17-5-3-2-4-16(17)22-19(24)15-6-7-20-18(14-15)21-8-9-23-10-12-26-13-11-23/h2-7,14H,8-13H2,1H3,(H,20,21)(H,22,24). The summed E-state index contributed by atoms with van der Waals surface area (Å²) >= 11 is 0. The van der Waals surface area contributed by atoms with Gasteiger partial charge in [0.2, 0.25) is 0 Å². The Morgan fingerprint density at radius 2 is 2.08 bits per heavy atom. The van der Waals surface area contributed by atoms with Gasteiger partial charge in [-0.05, 0) is 24.3 Å². The lowest BCUT2D eigenvalue weighted by Crippen LogP contribution is -2.39. The van der Waals surface area contributed by atoms with Gasteiger partial charge in [-0.15, -0.1) is 0 Å². The Kier molecular flexibility index (Phi) is 6.40. The number of nitrogens with one attached hydrogen (secondary N) is 2. The van der Waals surface area contributed by atoms with E-state index in [1.807, 2.05) is 12.1 Å². The minimum Gasteiger partial charge on any atom is -0.495 e. The molecule has 1 amide bonds. The summed E-state index contributed by atoms with van der Waals surface area (Å²) in [5.41, 5.74) is 1.18. The van der Waals surface area contributed by atoms with Crippen molar-refractivity contribution in [3.05, 3.63) is 48.2 Å². The van der Waals surface area contributed by atoms with Crippen molar-refractivity contribution in [2.24, 2.45) is 0 Å². The van der Waals surface area contributed by atoms with Gasteiger partial charge in [-0.3, -0.25) is 9.69 Å². The summed E-state index contributed by atoms with van der Waals surface area (Å²) in [7, 11) is 1.58. The highest BCUT2D eigenvalue weighted by Gasteiger charge is 2.11. The molecule has 2 heterocycles. The van der Waals surface area contributed by atoms with Crippen molar-refractivity contribution in [3.8, 4) is 5.75 Å². The number of rotatable bonds is 7. The molecule has 3 rings (SSSR count). The SMILES string of the molecule is COc1ccccc1NC(=O)c1ccnc(NCCN2CCOCC2)c1. The van der Waals surface area contributed by atoms with E-state index in [1.165, 1.54) is 0 Å². The van der Waals surface area contributed by atoms with E-state index in [0.717, 1.165) is 39.4 Å². The molecule has 0 unspecified atom stereocenters. The molecular formula is C19H24N4O3. The van der Waals surface area contributed by atoms with Gasteiger partial charge in [0.15, 0.2) is 0 Å². The molecule has 7 nitrogen and oxygen atoms in total. The highest BCUT2D eigenvalue weighted by atomic mass is 16.5. The summed E-state index contributed by atoms with van der Waals surface area (Å²) in [6.45, 7) is 5.17. The van der Waals surface area contributed by atoms with E-state index in [2.05, 4.69) is 20.5 Å². The number of pyridine rings is 1. The Bertz CT molecular complexity index is 732. The first kappa shape index (κ1) is 18.2. The lowest BCUT2D eigenvalue weighted by atomic mass is 10.2. The summed E-state index contributed by atoms with van der Waals surface area (Å²) in [6, 6.07) is 10.8. The fourth-order valence-electron chi connectivity index (χ4n) is 2.78. The summed E-state index contributed by atoms with van der Waals surface area (Å²) in [5, 5.41) is 6.15. The number of hydrogen-bond acceptors (Lipinski definition) is 6. The van der Waals surface area contributed by atoms with Gasteiger partial charge in [0.25, 0.3) is 5.91 Å². The van der Waals surface area contributed by atoms with Crippen molar-refractivity contribution in [1.82, 2.24) is 9.88 Å². The largest absolute Gasteiger partial charge is 0.495 e. The molecule has 1 aromatic carbocycles. The van der Waals surface area contributed by atoms with Crippen molar-refractivity contribution < 1.29 is 14.3 Å². The van der Waals surface area contributed by atoms with Crippen molar-refractivity contribution in [2.75, 3.05) is 57.1 Å². The quantitative estimate of drug-likeness (QED) is 0.791. The fourth-order valence-corrected chi connectivity index (χ4v) is 2.78. The number of morpholine rings is 1. The van der Waals surface area contributed by atoms with Crippen molar-refractivity contribution in [1.29, 1.82) is 0 Å². The molecule has 1 aliphatic rings. The van der Waals surface area contributed by atoms with E-state index in [1.54, 1.807) is 37.6 Å².